The van der Waals surface area contributed by atoms with Gasteiger partial charge in [-0.15, -0.1) is 11.3 Å². The second-order valence-corrected chi connectivity index (χ2v) is 7.34. The molecule has 0 saturated carbocycles. The van der Waals surface area contributed by atoms with Crippen LogP contribution in [0.3, 0.4) is 0 Å². The molecule has 2 heterocycles. The number of aromatic nitrogens is 1. The van der Waals surface area contributed by atoms with Gasteiger partial charge < -0.3 is 10.1 Å². The molecule has 0 saturated heterocycles. The van der Waals surface area contributed by atoms with Gasteiger partial charge in [0.2, 0.25) is 0 Å². The number of aryl methyl sites for hydroxylation is 1. The van der Waals surface area contributed by atoms with Crippen LogP contribution >= 0.6 is 11.3 Å². The molecular formula is C19H20N4O4S. The number of nitrogens with one attached hydrogen (secondary N) is 2. The monoisotopic (exact) mass is 400 g/mol. The third-order valence-electron chi connectivity index (χ3n) is 4.42. The number of pyridine rings is 1. The van der Waals surface area contributed by atoms with E-state index in [9.17, 15) is 14.4 Å². The largest absolute Gasteiger partial charge is 0.465 e. The van der Waals surface area contributed by atoms with Crippen molar-refractivity contribution in [3.05, 3.63) is 46.1 Å². The molecule has 2 amide bonds. The fourth-order valence-electron chi connectivity index (χ4n) is 2.97. The number of rotatable bonds is 4. The van der Waals surface area contributed by atoms with Crippen LogP contribution in [0.25, 0.3) is 0 Å². The topological polar surface area (TPSA) is 110 Å². The number of hydrogen-bond acceptors (Lipinski definition) is 7. The number of fused-ring (bicyclic) bond motifs is 1. The van der Waals surface area contributed by atoms with Gasteiger partial charge >= 0.3 is 17.8 Å². The van der Waals surface area contributed by atoms with E-state index in [4.69, 9.17) is 4.74 Å². The molecule has 2 aromatic rings. The first-order valence-electron chi connectivity index (χ1n) is 8.80. The van der Waals surface area contributed by atoms with Gasteiger partial charge in [-0.1, -0.05) is 0 Å². The summed E-state index contributed by atoms with van der Waals surface area (Å²) in [5.41, 5.74) is 4.79. The zero-order chi connectivity index (χ0) is 20.1. The summed E-state index contributed by atoms with van der Waals surface area (Å²) >= 11 is 1.32. The number of thiophene rings is 1. The highest BCUT2D eigenvalue weighted by atomic mass is 32.1. The number of hydrazone groups is 1. The van der Waals surface area contributed by atoms with Crippen molar-refractivity contribution in [3.63, 3.8) is 0 Å². The van der Waals surface area contributed by atoms with E-state index < -0.39 is 17.8 Å². The van der Waals surface area contributed by atoms with E-state index in [1.807, 2.05) is 0 Å². The van der Waals surface area contributed by atoms with Crippen molar-refractivity contribution in [1.82, 2.24) is 10.4 Å². The Morgan fingerprint density at radius 3 is 2.57 bits per heavy atom. The van der Waals surface area contributed by atoms with Crippen LogP contribution in [0.5, 0.6) is 0 Å². The summed E-state index contributed by atoms with van der Waals surface area (Å²) in [6.07, 6.45) is 6.83. The Kier molecular flexibility index (Phi) is 6.15. The molecule has 3 rings (SSSR count). The predicted molar refractivity (Wildman–Crippen MR) is 106 cm³/mol. The van der Waals surface area contributed by atoms with E-state index >= 15 is 0 Å². The minimum absolute atomic E-state index is 0.341. The number of carbonyl (C=O) groups is 3. The summed E-state index contributed by atoms with van der Waals surface area (Å²) in [4.78, 5) is 41.6. The highest BCUT2D eigenvalue weighted by Gasteiger charge is 2.28. The van der Waals surface area contributed by atoms with Gasteiger partial charge in [-0.2, -0.15) is 5.10 Å². The van der Waals surface area contributed by atoms with Crippen molar-refractivity contribution < 1.29 is 19.1 Å². The number of esters is 1. The van der Waals surface area contributed by atoms with Gasteiger partial charge in [0.15, 0.2) is 0 Å². The van der Waals surface area contributed by atoms with Crippen LogP contribution in [-0.2, 0) is 27.2 Å². The number of anilines is 1. The second-order valence-electron chi connectivity index (χ2n) is 6.23. The number of ether oxygens (including phenoxy) is 1. The third-order valence-corrected chi connectivity index (χ3v) is 5.62. The van der Waals surface area contributed by atoms with Gasteiger partial charge in [0.25, 0.3) is 0 Å². The smallest absolute Gasteiger partial charge is 0.341 e. The zero-order valence-corrected chi connectivity index (χ0v) is 16.4. The molecule has 9 heteroatoms. The SMILES string of the molecule is COC(=O)c1c(NC(=O)C(=O)N/N=C(\C)c2ccncc2)sc2c1CCCC2. The predicted octanol–water partition coefficient (Wildman–Crippen LogP) is 2.29. The second kappa shape index (κ2) is 8.75. The molecule has 0 atom stereocenters. The Balaban J connectivity index is 1.73. The zero-order valence-electron chi connectivity index (χ0n) is 15.6. The first-order valence-corrected chi connectivity index (χ1v) is 9.61. The van der Waals surface area contributed by atoms with Crippen LogP contribution in [-0.4, -0.2) is 35.6 Å². The summed E-state index contributed by atoms with van der Waals surface area (Å²) in [5, 5.41) is 6.81. The van der Waals surface area contributed by atoms with Gasteiger partial charge in [0.05, 0.1) is 18.4 Å². The van der Waals surface area contributed by atoms with Crippen molar-refractivity contribution >= 4 is 39.8 Å². The summed E-state index contributed by atoms with van der Waals surface area (Å²) < 4.78 is 4.86. The van der Waals surface area contributed by atoms with E-state index in [2.05, 4.69) is 20.8 Å². The molecule has 146 valence electrons. The maximum Gasteiger partial charge on any atom is 0.341 e. The molecule has 0 aliphatic heterocycles. The van der Waals surface area contributed by atoms with E-state index in [0.29, 0.717) is 16.3 Å². The molecule has 2 N–H and O–H groups in total. The Bertz CT molecular complexity index is 937. The van der Waals surface area contributed by atoms with Crippen molar-refractivity contribution in [2.45, 2.75) is 32.6 Å². The lowest BCUT2D eigenvalue weighted by Crippen LogP contribution is -2.33. The highest BCUT2D eigenvalue weighted by molar-refractivity contribution is 7.17. The lowest BCUT2D eigenvalue weighted by atomic mass is 9.95. The molecular weight excluding hydrogens is 380 g/mol. The molecule has 8 nitrogen and oxygen atoms in total. The molecule has 0 fully saturated rings. The van der Waals surface area contributed by atoms with Gasteiger partial charge in [0, 0.05) is 22.8 Å². The average Bonchev–Trinajstić information content (AvgIpc) is 3.09. The lowest BCUT2D eigenvalue weighted by Gasteiger charge is -2.11. The van der Waals surface area contributed by atoms with E-state index in [0.717, 1.165) is 41.7 Å². The lowest BCUT2D eigenvalue weighted by molar-refractivity contribution is -0.136. The molecule has 0 aromatic carbocycles. The van der Waals surface area contributed by atoms with Crippen molar-refractivity contribution in [2.75, 3.05) is 12.4 Å². The number of hydrogen-bond donors (Lipinski definition) is 2. The van der Waals surface area contributed by atoms with E-state index in [1.54, 1.807) is 31.5 Å². The van der Waals surface area contributed by atoms with Gasteiger partial charge in [-0.3, -0.25) is 14.6 Å². The Morgan fingerprint density at radius 1 is 1.14 bits per heavy atom. The van der Waals surface area contributed by atoms with Crippen LogP contribution < -0.4 is 10.7 Å². The first-order chi connectivity index (χ1) is 13.5. The van der Waals surface area contributed by atoms with E-state index in [-0.39, 0.29) is 0 Å². The van der Waals surface area contributed by atoms with Crippen molar-refractivity contribution in [3.8, 4) is 0 Å². The molecule has 1 aliphatic carbocycles. The van der Waals surface area contributed by atoms with Crippen LogP contribution in [0.4, 0.5) is 5.00 Å². The molecule has 0 radical (unpaired) electrons. The Labute approximate surface area is 166 Å². The van der Waals surface area contributed by atoms with Crippen molar-refractivity contribution in [2.24, 2.45) is 5.10 Å². The van der Waals surface area contributed by atoms with Crippen LogP contribution in [0.2, 0.25) is 0 Å². The number of amides is 2. The molecule has 1 aliphatic rings. The standard InChI is InChI=1S/C19H20N4O4S/c1-11(12-7-9-20-10-8-12)22-23-17(25)16(24)21-18-15(19(26)27-2)13-5-3-4-6-14(13)28-18/h7-10H,3-6H2,1-2H3,(H,21,24)(H,23,25)/b22-11+. The highest BCUT2D eigenvalue weighted by Crippen LogP contribution is 2.38. The maximum atomic E-state index is 12.3. The fourth-order valence-corrected chi connectivity index (χ4v) is 4.25. The molecule has 2 aromatic heterocycles. The minimum Gasteiger partial charge on any atom is -0.465 e. The number of nitrogens with zero attached hydrogens (tertiary/aromatic N) is 2. The Morgan fingerprint density at radius 2 is 1.86 bits per heavy atom. The van der Waals surface area contributed by atoms with E-state index in [1.165, 1.54) is 18.4 Å². The van der Waals surface area contributed by atoms with Crippen LogP contribution in [0, 0.1) is 0 Å². The number of methoxy groups -OCH3 is 1. The number of carbonyl (C=O) groups excluding carboxylic acids is 3. The quantitative estimate of drug-likeness (QED) is 0.354. The first kappa shape index (κ1) is 19.7. The fraction of sp³-hybridized carbons (Fsp3) is 0.316. The summed E-state index contributed by atoms with van der Waals surface area (Å²) in [5.74, 6) is -2.33. The summed E-state index contributed by atoms with van der Waals surface area (Å²) in [6.45, 7) is 1.70. The van der Waals surface area contributed by atoms with Crippen molar-refractivity contribution in [1.29, 1.82) is 0 Å². The molecule has 0 spiro atoms. The maximum absolute atomic E-state index is 12.3. The van der Waals surface area contributed by atoms with Gasteiger partial charge in [-0.25, -0.2) is 10.2 Å². The molecule has 28 heavy (non-hydrogen) atoms. The minimum atomic E-state index is -0.921. The molecule has 0 unspecified atom stereocenters. The third kappa shape index (κ3) is 4.25. The van der Waals surface area contributed by atoms with Crippen LogP contribution in [0.15, 0.2) is 29.6 Å². The summed E-state index contributed by atoms with van der Waals surface area (Å²) in [6, 6.07) is 3.48. The van der Waals surface area contributed by atoms with Crippen LogP contribution in [0.1, 0.15) is 46.1 Å². The average molecular weight is 400 g/mol. The normalized spacial score (nSPS) is 13.4. The van der Waals surface area contributed by atoms with Gasteiger partial charge in [-0.05, 0) is 50.3 Å². The molecule has 0 bridgehead atoms. The van der Waals surface area contributed by atoms with Gasteiger partial charge in [0.1, 0.15) is 5.00 Å². The summed E-state index contributed by atoms with van der Waals surface area (Å²) in [7, 11) is 1.30. The Hall–Kier alpha value is -3.07.